The third-order valence-electron chi connectivity index (χ3n) is 6.81. The van der Waals surface area contributed by atoms with Crippen LogP contribution in [-0.4, -0.2) is 63.6 Å². The molecule has 0 bridgehead atoms. The van der Waals surface area contributed by atoms with Crippen molar-refractivity contribution in [1.29, 1.82) is 0 Å². The number of methoxy groups -OCH3 is 1. The van der Waals surface area contributed by atoms with Crippen LogP contribution in [0.5, 0.6) is 5.75 Å². The van der Waals surface area contributed by atoms with E-state index < -0.39 is 11.9 Å². The van der Waals surface area contributed by atoms with Gasteiger partial charge in [0.15, 0.2) is 11.3 Å². The zero-order chi connectivity index (χ0) is 26.2. The van der Waals surface area contributed by atoms with Crippen molar-refractivity contribution in [3.8, 4) is 17.0 Å². The Morgan fingerprint density at radius 2 is 1.68 bits per heavy atom. The molecule has 0 aliphatic carbocycles. The van der Waals surface area contributed by atoms with Crippen molar-refractivity contribution in [3.63, 3.8) is 0 Å². The first-order valence-corrected chi connectivity index (χ1v) is 11.9. The van der Waals surface area contributed by atoms with Crippen molar-refractivity contribution in [1.82, 2.24) is 24.4 Å². The summed E-state index contributed by atoms with van der Waals surface area (Å²) in [7, 11) is 1.51. The highest BCUT2D eigenvalue weighted by molar-refractivity contribution is 6.00. The third kappa shape index (κ3) is 4.89. The quantitative estimate of drug-likeness (QED) is 0.381. The maximum atomic E-state index is 13.9. The fraction of sp³-hybridized carbons (Fsp3) is 0.296. The van der Waals surface area contributed by atoms with Crippen LogP contribution in [0.4, 0.5) is 13.2 Å². The first kappa shape index (κ1) is 24.8. The molecule has 1 aliphatic rings. The predicted molar refractivity (Wildman–Crippen MR) is 132 cm³/mol. The Bertz CT molecular complexity index is 1400. The molecule has 1 aliphatic heterocycles. The van der Waals surface area contributed by atoms with Gasteiger partial charge in [0.25, 0.3) is 5.91 Å². The fourth-order valence-corrected chi connectivity index (χ4v) is 4.65. The van der Waals surface area contributed by atoms with Gasteiger partial charge in [0, 0.05) is 37.8 Å². The van der Waals surface area contributed by atoms with Gasteiger partial charge in [0.2, 0.25) is 0 Å². The van der Waals surface area contributed by atoms with Crippen molar-refractivity contribution in [2.24, 2.45) is 0 Å². The molecule has 1 fully saturated rings. The van der Waals surface area contributed by atoms with E-state index in [2.05, 4.69) is 34.0 Å². The van der Waals surface area contributed by atoms with Crippen LogP contribution in [0, 0.1) is 0 Å². The number of hydrogen-bond acceptors (Lipinski definition) is 5. The van der Waals surface area contributed by atoms with Crippen LogP contribution in [0.1, 0.15) is 34.6 Å². The van der Waals surface area contributed by atoms with Crippen LogP contribution in [0.25, 0.3) is 16.9 Å². The average molecular weight is 510 g/mol. The van der Waals surface area contributed by atoms with Gasteiger partial charge >= 0.3 is 6.18 Å². The van der Waals surface area contributed by atoms with Crippen molar-refractivity contribution < 1.29 is 22.7 Å². The van der Waals surface area contributed by atoms with Gasteiger partial charge in [0.1, 0.15) is 11.3 Å². The number of carbonyl (C=O) groups is 1. The highest BCUT2D eigenvalue weighted by Crippen LogP contribution is 2.33. The number of benzene rings is 2. The maximum Gasteiger partial charge on any atom is 0.433 e. The lowest BCUT2D eigenvalue weighted by molar-refractivity contribution is -0.142. The van der Waals surface area contributed by atoms with E-state index in [1.165, 1.54) is 18.9 Å². The van der Waals surface area contributed by atoms with Gasteiger partial charge in [-0.25, -0.2) is 9.50 Å². The standard InChI is InChI=1S/C27H26F3N5O2/c1-18(19-6-4-3-5-7-19)33-12-14-34(15-13-33)26(36)22-17-31-35-24(27(28,29)30)16-23(32-25(22)35)20-8-10-21(37-2)11-9-20/h3-11,16-18H,12-15H2,1-2H3/t18-/m0/s1. The Morgan fingerprint density at radius 3 is 2.30 bits per heavy atom. The molecule has 0 spiro atoms. The smallest absolute Gasteiger partial charge is 0.433 e. The van der Waals surface area contributed by atoms with Crippen molar-refractivity contribution in [2.75, 3.05) is 33.3 Å². The number of ether oxygens (including phenoxy) is 1. The van der Waals surface area contributed by atoms with E-state index in [-0.39, 0.29) is 28.9 Å². The number of rotatable bonds is 5. The van der Waals surface area contributed by atoms with Crippen molar-refractivity contribution in [2.45, 2.75) is 19.1 Å². The highest BCUT2D eigenvalue weighted by Gasteiger charge is 2.36. The van der Waals surface area contributed by atoms with E-state index in [0.717, 1.165) is 6.07 Å². The predicted octanol–water partition coefficient (Wildman–Crippen LogP) is 4.94. The zero-order valence-electron chi connectivity index (χ0n) is 20.4. The minimum atomic E-state index is -4.69. The van der Waals surface area contributed by atoms with Crippen LogP contribution in [0.3, 0.4) is 0 Å². The largest absolute Gasteiger partial charge is 0.497 e. The molecule has 7 nitrogen and oxygen atoms in total. The molecule has 1 saturated heterocycles. The summed E-state index contributed by atoms with van der Waals surface area (Å²) >= 11 is 0. The molecular weight excluding hydrogens is 483 g/mol. The molecule has 2 aromatic carbocycles. The van der Waals surface area contributed by atoms with E-state index in [4.69, 9.17) is 4.74 Å². The summed E-state index contributed by atoms with van der Waals surface area (Å²) in [5.41, 5.74) is 0.690. The molecule has 0 N–H and O–H groups in total. The fourth-order valence-electron chi connectivity index (χ4n) is 4.65. The lowest BCUT2D eigenvalue weighted by Gasteiger charge is -2.38. The molecule has 3 heterocycles. The van der Waals surface area contributed by atoms with Crippen LogP contribution in [0.15, 0.2) is 66.9 Å². The van der Waals surface area contributed by atoms with Gasteiger partial charge in [-0.2, -0.15) is 18.3 Å². The van der Waals surface area contributed by atoms with Crippen LogP contribution < -0.4 is 4.74 Å². The number of hydrogen-bond donors (Lipinski definition) is 0. The number of alkyl halides is 3. The summed E-state index contributed by atoms with van der Waals surface area (Å²) in [6, 6.07) is 17.8. The first-order chi connectivity index (χ1) is 17.8. The minimum Gasteiger partial charge on any atom is -0.497 e. The lowest BCUT2D eigenvalue weighted by atomic mass is 10.1. The molecule has 2 aromatic heterocycles. The Morgan fingerprint density at radius 1 is 1.00 bits per heavy atom. The van der Waals surface area contributed by atoms with E-state index >= 15 is 0 Å². The second-order valence-corrected chi connectivity index (χ2v) is 8.96. The number of nitrogens with zero attached hydrogens (tertiary/aromatic N) is 5. The summed E-state index contributed by atoms with van der Waals surface area (Å²) in [6.07, 6.45) is -3.51. The highest BCUT2D eigenvalue weighted by atomic mass is 19.4. The van der Waals surface area contributed by atoms with E-state index in [0.29, 0.717) is 42.0 Å². The van der Waals surface area contributed by atoms with E-state index in [1.807, 2.05) is 18.2 Å². The third-order valence-corrected chi connectivity index (χ3v) is 6.81. The first-order valence-electron chi connectivity index (χ1n) is 11.9. The Balaban J connectivity index is 1.43. The molecule has 1 amide bonds. The Labute approximate surface area is 212 Å². The maximum absolute atomic E-state index is 13.9. The zero-order valence-corrected chi connectivity index (χ0v) is 20.4. The topological polar surface area (TPSA) is 63.0 Å². The van der Waals surface area contributed by atoms with Gasteiger partial charge in [-0.3, -0.25) is 9.69 Å². The second-order valence-electron chi connectivity index (χ2n) is 8.96. The van der Waals surface area contributed by atoms with Gasteiger partial charge in [-0.1, -0.05) is 30.3 Å². The molecular formula is C27H26F3N5O2. The van der Waals surface area contributed by atoms with Gasteiger partial charge in [0.05, 0.1) is 19.0 Å². The summed E-state index contributed by atoms with van der Waals surface area (Å²) in [4.78, 5) is 21.8. The molecule has 0 unspecified atom stereocenters. The summed E-state index contributed by atoms with van der Waals surface area (Å²) in [5.74, 6) is 0.191. The number of aromatic nitrogens is 3. The van der Waals surface area contributed by atoms with Crippen LogP contribution >= 0.6 is 0 Å². The molecule has 37 heavy (non-hydrogen) atoms. The monoisotopic (exact) mass is 509 g/mol. The van der Waals surface area contributed by atoms with E-state index in [9.17, 15) is 18.0 Å². The molecule has 5 rings (SSSR count). The number of fused-ring (bicyclic) bond motifs is 1. The SMILES string of the molecule is COc1ccc(-c2cc(C(F)(F)F)n3ncc(C(=O)N4CCN([C@@H](C)c5ccccc5)CC4)c3n2)cc1. The summed E-state index contributed by atoms with van der Waals surface area (Å²) < 4.78 is 47.7. The molecule has 1 atom stereocenters. The van der Waals surface area contributed by atoms with Crippen molar-refractivity contribution in [3.05, 3.63) is 83.7 Å². The molecule has 0 saturated carbocycles. The molecule has 10 heteroatoms. The van der Waals surface area contributed by atoms with Crippen LogP contribution in [0.2, 0.25) is 0 Å². The second kappa shape index (κ2) is 9.85. The van der Waals surface area contributed by atoms with E-state index in [1.54, 1.807) is 29.2 Å². The van der Waals surface area contributed by atoms with Crippen molar-refractivity contribution >= 4 is 11.6 Å². The number of carbonyl (C=O) groups excluding carboxylic acids is 1. The lowest BCUT2D eigenvalue weighted by Crippen LogP contribution is -2.49. The number of halogens is 3. The Hall–Kier alpha value is -3.92. The Kier molecular flexibility index (Phi) is 6.59. The minimum absolute atomic E-state index is 0.0467. The normalized spacial score (nSPS) is 15.6. The van der Waals surface area contributed by atoms with Gasteiger partial charge in [-0.15, -0.1) is 0 Å². The molecule has 192 valence electrons. The average Bonchev–Trinajstić information content (AvgIpc) is 3.35. The molecule has 4 aromatic rings. The number of piperazine rings is 1. The summed E-state index contributed by atoms with van der Waals surface area (Å²) in [5, 5.41) is 3.90. The molecule has 0 radical (unpaired) electrons. The van der Waals surface area contributed by atoms with Crippen LogP contribution in [-0.2, 0) is 6.18 Å². The van der Waals surface area contributed by atoms with Gasteiger partial charge < -0.3 is 9.64 Å². The summed E-state index contributed by atoms with van der Waals surface area (Å²) in [6.45, 7) is 4.34. The van der Waals surface area contributed by atoms with Gasteiger partial charge in [-0.05, 0) is 42.8 Å². The number of amides is 1.